The fourth-order valence-corrected chi connectivity index (χ4v) is 3.53. The number of nitrogens with zero attached hydrogens (tertiary/aromatic N) is 4. The molecular weight excluding hydrogens is 490 g/mol. The van der Waals surface area contributed by atoms with Crippen molar-refractivity contribution in [2.24, 2.45) is 0 Å². The normalized spacial score (nSPS) is 11.6. The van der Waals surface area contributed by atoms with Crippen LogP contribution in [0.4, 0.5) is 4.39 Å². The fourth-order valence-electron chi connectivity index (χ4n) is 2.87. The number of hydrogen-bond acceptors (Lipinski definition) is 6. The van der Waals surface area contributed by atoms with E-state index in [4.69, 9.17) is 49.2 Å². The van der Waals surface area contributed by atoms with E-state index in [-0.39, 0.29) is 50.9 Å². The van der Waals surface area contributed by atoms with Gasteiger partial charge in [0, 0.05) is 24.7 Å². The van der Waals surface area contributed by atoms with Crippen LogP contribution in [0.3, 0.4) is 0 Å². The molecule has 3 aromatic rings. The number of ether oxygens (including phenoxy) is 1. The summed E-state index contributed by atoms with van der Waals surface area (Å²) in [5.74, 6) is -0.398. The molecule has 0 saturated heterocycles. The van der Waals surface area contributed by atoms with E-state index in [1.54, 1.807) is 25.9 Å². The maximum absolute atomic E-state index is 15.3. The van der Waals surface area contributed by atoms with Crippen molar-refractivity contribution in [1.29, 1.82) is 5.26 Å². The maximum Gasteiger partial charge on any atom is 0.265 e. The highest BCUT2D eigenvalue weighted by atomic mass is 35.5. The third kappa shape index (κ3) is 5.66. The van der Waals surface area contributed by atoms with Crippen LogP contribution in [0.25, 0.3) is 5.70 Å². The molecule has 0 aliphatic heterocycles. The zero-order valence-corrected chi connectivity index (χ0v) is 20.2. The lowest BCUT2D eigenvalue weighted by atomic mass is 10.1. The van der Waals surface area contributed by atoms with Gasteiger partial charge in [0.25, 0.3) is 5.89 Å². The van der Waals surface area contributed by atoms with Crippen LogP contribution >= 0.6 is 34.8 Å². The molecule has 0 aliphatic carbocycles. The Hall–Kier alpha value is -3.05. The molecule has 2 aromatic carbocycles. The first-order valence-corrected chi connectivity index (χ1v) is 10.6. The van der Waals surface area contributed by atoms with Gasteiger partial charge >= 0.3 is 0 Å². The van der Waals surface area contributed by atoms with Crippen molar-refractivity contribution >= 4 is 40.5 Å². The van der Waals surface area contributed by atoms with Gasteiger partial charge in [-0.15, -0.1) is 10.2 Å². The van der Waals surface area contributed by atoms with E-state index in [9.17, 15) is 0 Å². The lowest BCUT2D eigenvalue weighted by molar-refractivity contribution is 0.434. The average molecular weight is 508 g/mol. The highest BCUT2D eigenvalue weighted by Crippen LogP contribution is 2.36. The molecule has 0 fully saturated rings. The molecule has 0 saturated carbocycles. The zero-order valence-electron chi connectivity index (χ0n) is 17.9. The molecular formula is C23H18Cl3FN4O2. The minimum atomic E-state index is -0.705. The monoisotopic (exact) mass is 506 g/mol. The number of allylic oxidation sites excluding steroid dienone is 2. The standard InChI is InChI=1S/C23H18Cl3FN4O2/c1-12(2)19(26)21(31(3)4)23-30-29-18(33-23)9-14-5-6-17(25)22(20(14)27)32-16-8-13(11-28)7-15(24)10-16/h5-8,10H,1,9H2,2-4H3/b21-19+. The van der Waals surface area contributed by atoms with E-state index in [1.807, 2.05) is 6.07 Å². The Morgan fingerprint density at radius 1 is 1.24 bits per heavy atom. The molecule has 0 radical (unpaired) electrons. The topological polar surface area (TPSA) is 75.2 Å². The second kappa shape index (κ2) is 10.3. The van der Waals surface area contributed by atoms with Crippen LogP contribution < -0.4 is 4.74 Å². The summed E-state index contributed by atoms with van der Waals surface area (Å²) in [7, 11) is 3.56. The van der Waals surface area contributed by atoms with Gasteiger partial charge in [-0.05, 0) is 36.8 Å². The Labute approximate surface area is 205 Å². The summed E-state index contributed by atoms with van der Waals surface area (Å²) in [5.41, 5.74) is 1.61. The molecule has 0 bridgehead atoms. The van der Waals surface area contributed by atoms with Gasteiger partial charge in [-0.2, -0.15) is 5.26 Å². The quantitative estimate of drug-likeness (QED) is 0.327. The van der Waals surface area contributed by atoms with Gasteiger partial charge < -0.3 is 14.1 Å². The number of rotatable bonds is 7. The number of hydrogen-bond donors (Lipinski definition) is 0. The molecule has 0 amide bonds. The van der Waals surface area contributed by atoms with Crippen LogP contribution in [0.15, 0.2) is 51.9 Å². The van der Waals surface area contributed by atoms with Gasteiger partial charge in [-0.3, -0.25) is 0 Å². The van der Waals surface area contributed by atoms with Crippen LogP contribution in [-0.2, 0) is 6.42 Å². The molecule has 0 spiro atoms. The molecule has 3 rings (SSSR count). The van der Waals surface area contributed by atoms with Crippen molar-refractivity contribution in [3.05, 3.63) is 86.3 Å². The lowest BCUT2D eigenvalue weighted by Crippen LogP contribution is -2.12. The van der Waals surface area contributed by atoms with Crippen LogP contribution in [0, 0.1) is 17.1 Å². The summed E-state index contributed by atoms with van der Waals surface area (Å²) in [4.78, 5) is 1.73. The first-order valence-electron chi connectivity index (χ1n) is 9.51. The number of nitriles is 1. The molecule has 1 aromatic heterocycles. The summed E-state index contributed by atoms with van der Waals surface area (Å²) in [5, 5.41) is 17.8. The van der Waals surface area contributed by atoms with E-state index in [1.165, 1.54) is 30.3 Å². The smallest absolute Gasteiger partial charge is 0.265 e. The van der Waals surface area contributed by atoms with Crippen LogP contribution in [0.1, 0.15) is 29.8 Å². The molecule has 1 heterocycles. The van der Waals surface area contributed by atoms with Crippen molar-refractivity contribution in [2.75, 3.05) is 14.1 Å². The molecule has 33 heavy (non-hydrogen) atoms. The van der Waals surface area contributed by atoms with Crippen LogP contribution in [0.2, 0.25) is 10.0 Å². The first-order chi connectivity index (χ1) is 15.6. The molecule has 0 unspecified atom stereocenters. The average Bonchev–Trinajstić information content (AvgIpc) is 3.20. The Kier molecular flexibility index (Phi) is 7.65. The first kappa shape index (κ1) is 24.6. The Morgan fingerprint density at radius 3 is 2.61 bits per heavy atom. The van der Waals surface area contributed by atoms with E-state index in [0.717, 1.165) is 0 Å². The third-order valence-electron chi connectivity index (χ3n) is 4.39. The number of benzene rings is 2. The summed E-state index contributed by atoms with van der Waals surface area (Å²) in [6.07, 6.45) is -0.0171. The molecule has 0 N–H and O–H groups in total. The van der Waals surface area contributed by atoms with Gasteiger partial charge in [0.1, 0.15) is 11.4 Å². The van der Waals surface area contributed by atoms with Crippen molar-refractivity contribution in [2.45, 2.75) is 13.3 Å². The molecule has 170 valence electrons. The maximum atomic E-state index is 15.3. The Bertz CT molecular complexity index is 1300. The molecule has 0 atom stereocenters. The van der Waals surface area contributed by atoms with E-state index in [2.05, 4.69) is 16.8 Å². The number of halogens is 4. The zero-order chi connectivity index (χ0) is 24.3. The van der Waals surface area contributed by atoms with Gasteiger partial charge in [0.2, 0.25) is 5.89 Å². The Balaban J connectivity index is 1.93. The van der Waals surface area contributed by atoms with E-state index in [0.29, 0.717) is 16.3 Å². The highest BCUT2D eigenvalue weighted by Gasteiger charge is 2.21. The SMILES string of the molecule is C=C(C)/C(Cl)=C(/c1nnc(Cc2ccc(Cl)c(Oc3cc(Cl)cc(C#N)c3)c2F)o1)N(C)C. The highest BCUT2D eigenvalue weighted by molar-refractivity contribution is 6.34. The summed E-state index contributed by atoms with van der Waals surface area (Å²) in [6, 6.07) is 9.30. The second-order valence-electron chi connectivity index (χ2n) is 7.25. The van der Waals surface area contributed by atoms with Crippen molar-refractivity contribution in [3.63, 3.8) is 0 Å². The van der Waals surface area contributed by atoms with Crippen molar-refractivity contribution in [3.8, 4) is 17.6 Å². The minimum absolute atomic E-state index is 0.0171. The van der Waals surface area contributed by atoms with Crippen molar-refractivity contribution < 1.29 is 13.5 Å². The third-order valence-corrected chi connectivity index (χ3v) is 5.41. The van der Waals surface area contributed by atoms with Gasteiger partial charge in [-0.25, -0.2) is 4.39 Å². The van der Waals surface area contributed by atoms with Crippen LogP contribution in [0.5, 0.6) is 11.5 Å². The van der Waals surface area contributed by atoms with Gasteiger partial charge in [0.05, 0.1) is 28.1 Å². The molecule has 0 aliphatic rings. The largest absolute Gasteiger partial charge is 0.453 e. The predicted molar refractivity (Wildman–Crippen MR) is 126 cm³/mol. The van der Waals surface area contributed by atoms with Gasteiger partial charge in [-0.1, -0.05) is 47.4 Å². The Morgan fingerprint density at radius 2 is 1.97 bits per heavy atom. The summed E-state index contributed by atoms with van der Waals surface area (Å²) < 4.78 is 26.6. The fraction of sp³-hybridized carbons (Fsp3) is 0.174. The summed E-state index contributed by atoms with van der Waals surface area (Å²) >= 11 is 18.5. The van der Waals surface area contributed by atoms with Crippen molar-refractivity contribution in [1.82, 2.24) is 15.1 Å². The number of aromatic nitrogens is 2. The minimum Gasteiger partial charge on any atom is -0.453 e. The van der Waals surface area contributed by atoms with E-state index < -0.39 is 5.82 Å². The second-order valence-corrected chi connectivity index (χ2v) is 8.48. The van der Waals surface area contributed by atoms with Gasteiger partial charge in [0.15, 0.2) is 11.6 Å². The molecule has 6 nitrogen and oxygen atoms in total. The lowest BCUT2D eigenvalue weighted by Gasteiger charge is -2.16. The summed E-state index contributed by atoms with van der Waals surface area (Å²) in [6.45, 7) is 5.59. The van der Waals surface area contributed by atoms with E-state index >= 15 is 4.39 Å². The molecule has 10 heteroatoms. The van der Waals surface area contributed by atoms with Crippen LogP contribution in [-0.4, -0.2) is 29.2 Å². The predicted octanol–water partition coefficient (Wildman–Crippen LogP) is 6.82.